The van der Waals surface area contributed by atoms with Gasteiger partial charge in [-0.1, -0.05) is 62.7 Å². The molecule has 0 bridgehead atoms. The van der Waals surface area contributed by atoms with Crippen LogP contribution >= 0.6 is 0 Å². The first-order valence-corrected chi connectivity index (χ1v) is 8.83. The summed E-state index contributed by atoms with van der Waals surface area (Å²) in [6.45, 7) is 3.62. The van der Waals surface area contributed by atoms with Crippen LogP contribution in [0.2, 0.25) is 0 Å². The lowest BCUT2D eigenvalue weighted by molar-refractivity contribution is -0.132. The first-order valence-electron chi connectivity index (χ1n) is 8.83. The Kier molecular flexibility index (Phi) is 5.35. The number of amides is 1. The van der Waals surface area contributed by atoms with Crippen molar-refractivity contribution in [2.75, 3.05) is 0 Å². The van der Waals surface area contributed by atoms with Crippen LogP contribution in [-0.2, 0) is 22.6 Å². The molecule has 2 unspecified atom stereocenters. The summed E-state index contributed by atoms with van der Waals surface area (Å²) >= 11 is 0. The molecule has 0 radical (unpaired) electrons. The molecule has 5 heteroatoms. The Morgan fingerprint density at radius 3 is 2.62 bits per heavy atom. The molecule has 1 amide bonds. The van der Waals surface area contributed by atoms with E-state index in [-0.39, 0.29) is 12.5 Å². The predicted octanol–water partition coefficient (Wildman–Crippen LogP) is 4.39. The monoisotopic (exact) mass is 355 g/mol. The van der Waals surface area contributed by atoms with Crippen molar-refractivity contribution in [2.45, 2.75) is 39.3 Å². The number of nitrogens with one attached hydrogen (secondary N) is 1. The molecule has 1 aliphatic rings. The van der Waals surface area contributed by atoms with E-state index in [1.54, 1.807) is 6.92 Å². The average Bonchev–Trinajstić information content (AvgIpc) is 3.03. The summed E-state index contributed by atoms with van der Waals surface area (Å²) in [6, 6.07) is 11.4. The number of rotatable bonds is 6. The van der Waals surface area contributed by atoms with E-state index in [9.17, 15) is 14.0 Å². The van der Waals surface area contributed by atoms with Gasteiger partial charge in [-0.05, 0) is 40.2 Å². The van der Waals surface area contributed by atoms with Crippen LogP contribution in [0.5, 0.6) is 0 Å². The second-order valence-electron chi connectivity index (χ2n) is 6.66. The zero-order valence-corrected chi connectivity index (χ0v) is 14.9. The number of fused-ring (bicyclic) bond motifs is 3. The van der Waals surface area contributed by atoms with Crippen LogP contribution in [0.15, 0.2) is 42.5 Å². The van der Waals surface area contributed by atoms with Crippen molar-refractivity contribution < 1.29 is 18.7 Å². The lowest BCUT2D eigenvalue weighted by Crippen LogP contribution is -2.43. The Hall–Kier alpha value is -2.69. The van der Waals surface area contributed by atoms with Crippen LogP contribution < -0.4 is 5.32 Å². The topological polar surface area (TPSA) is 55.4 Å². The summed E-state index contributed by atoms with van der Waals surface area (Å²) in [7, 11) is 0. The second kappa shape index (κ2) is 7.68. The fourth-order valence-electron chi connectivity index (χ4n) is 3.33. The fraction of sp³-hybridized carbons (Fsp3) is 0.333. The van der Waals surface area contributed by atoms with Crippen molar-refractivity contribution in [1.29, 1.82) is 0 Å². The van der Waals surface area contributed by atoms with Crippen molar-refractivity contribution in [2.24, 2.45) is 5.92 Å². The van der Waals surface area contributed by atoms with Crippen LogP contribution in [0.3, 0.4) is 0 Å². The third kappa shape index (κ3) is 3.62. The molecule has 0 fully saturated rings. The van der Waals surface area contributed by atoms with Crippen LogP contribution in [0.25, 0.3) is 11.1 Å². The summed E-state index contributed by atoms with van der Waals surface area (Å²) in [5.74, 6) is -0.296. The van der Waals surface area contributed by atoms with Crippen LogP contribution in [0.4, 0.5) is 9.18 Å². The fourth-order valence-corrected chi connectivity index (χ4v) is 3.33. The molecule has 136 valence electrons. The zero-order chi connectivity index (χ0) is 18.7. The Morgan fingerprint density at radius 1 is 1.15 bits per heavy atom. The van der Waals surface area contributed by atoms with Gasteiger partial charge in [0.15, 0.2) is 0 Å². The lowest BCUT2D eigenvalue weighted by atomic mass is 10.00. The number of benzene rings is 2. The minimum absolute atomic E-state index is 0.0801. The first kappa shape index (κ1) is 18.1. The third-order valence-corrected chi connectivity index (χ3v) is 5.04. The molecule has 2 aromatic carbocycles. The quantitative estimate of drug-likeness (QED) is 0.667. The van der Waals surface area contributed by atoms with Gasteiger partial charge in [0, 0.05) is 0 Å². The van der Waals surface area contributed by atoms with E-state index in [0.717, 1.165) is 23.1 Å². The molecule has 0 heterocycles. The SMILES string of the molecule is CCC(C)C(NC(=O)OCc1cccc2c1Cc1ccccc1-2)C(=O)F. The number of carbonyl (C=O) groups is 2. The van der Waals surface area contributed by atoms with Crippen LogP contribution in [0, 0.1) is 5.92 Å². The number of hydrogen-bond acceptors (Lipinski definition) is 3. The summed E-state index contributed by atoms with van der Waals surface area (Å²) < 4.78 is 18.4. The molecular formula is C21H22FNO3. The Morgan fingerprint density at radius 2 is 1.88 bits per heavy atom. The van der Waals surface area contributed by atoms with Gasteiger partial charge < -0.3 is 10.1 Å². The van der Waals surface area contributed by atoms with E-state index in [1.165, 1.54) is 11.1 Å². The van der Waals surface area contributed by atoms with Gasteiger partial charge in [-0.15, -0.1) is 0 Å². The van der Waals surface area contributed by atoms with Gasteiger partial charge in [-0.2, -0.15) is 4.39 Å². The second-order valence-corrected chi connectivity index (χ2v) is 6.66. The summed E-state index contributed by atoms with van der Waals surface area (Å²) in [5.41, 5.74) is 5.66. The third-order valence-electron chi connectivity index (χ3n) is 5.04. The maximum atomic E-state index is 13.1. The van der Waals surface area contributed by atoms with Gasteiger partial charge in [-0.3, -0.25) is 4.79 Å². The van der Waals surface area contributed by atoms with Gasteiger partial charge in [-0.25, -0.2) is 4.79 Å². The number of halogens is 1. The molecule has 0 aliphatic heterocycles. The Labute approximate surface area is 152 Å². The van der Waals surface area contributed by atoms with Gasteiger partial charge >= 0.3 is 12.1 Å². The maximum Gasteiger partial charge on any atom is 0.408 e. The minimum Gasteiger partial charge on any atom is -0.445 e. The molecule has 1 N–H and O–H groups in total. The average molecular weight is 355 g/mol. The molecule has 0 spiro atoms. The number of carbonyl (C=O) groups excluding carboxylic acids is 2. The maximum absolute atomic E-state index is 13.1. The largest absolute Gasteiger partial charge is 0.445 e. The normalized spacial score (nSPS) is 14.1. The highest BCUT2D eigenvalue weighted by Crippen LogP contribution is 2.38. The standard InChI is InChI=1S/C21H22FNO3/c1-3-13(2)19(20(22)24)23-21(25)26-12-15-8-6-10-17-16-9-5-4-7-14(16)11-18(15)17/h4-10,13,19H,3,11-12H2,1-2H3,(H,23,25). The van der Waals surface area contributed by atoms with Crippen LogP contribution in [0.1, 0.15) is 37.0 Å². The van der Waals surface area contributed by atoms with E-state index >= 15 is 0 Å². The van der Waals surface area contributed by atoms with E-state index in [2.05, 4.69) is 23.5 Å². The molecule has 0 saturated carbocycles. The van der Waals surface area contributed by atoms with E-state index in [1.807, 2.05) is 31.2 Å². The van der Waals surface area contributed by atoms with Gasteiger partial charge in [0.2, 0.25) is 0 Å². The molecular weight excluding hydrogens is 333 g/mol. The first-order chi connectivity index (χ1) is 12.5. The number of hydrogen-bond donors (Lipinski definition) is 1. The molecule has 4 nitrogen and oxygen atoms in total. The minimum atomic E-state index is -1.55. The highest BCUT2D eigenvalue weighted by atomic mass is 19.1. The van der Waals surface area contributed by atoms with Crippen molar-refractivity contribution in [3.63, 3.8) is 0 Å². The van der Waals surface area contributed by atoms with Crippen LogP contribution in [-0.4, -0.2) is 18.2 Å². The Bertz CT molecular complexity index is 834. The highest BCUT2D eigenvalue weighted by Gasteiger charge is 2.27. The van der Waals surface area contributed by atoms with Gasteiger partial charge in [0.1, 0.15) is 12.6 Å². The molecule has 26 heavy (non-hydrogen) atoms. The molecule has 2 atom stereocenters. The van der Waals surface area contributed by atoms with Crippen molar-refractivity contribution in [3.8, 4) is 11.1 Å². The summed E-state index contributed by atoms with van der Waals surface area (Å²) in [5, 5.41) is 2.34. The number of alkyl carbamates (subject to hydrolysis) is 1. The van der Waals surface area contributed by atoms with Crippen molar-refractivity contribution >= 4 is 12.1 Å². The summed E-state index contributed by atoms with van der Waals surface area (Å²) in [6.07, 6.45) is 0.588. The number of ether oxygens (including phenoxy) is 1. The molecule has 2 aromatic rings. The summed E-state index contributed by atoms with van der Waals surface area (Å²) in [4.78, 5) is 23.1. The lowest BCUT2D eigenvalue weighted by Gasteiger charge is -2.19. The van der Waals surface area contributed by atoms with E-state index in [4.69, 9.17) is 4.74 Å². The molecule has 3 rings (SSSR count). The molecule has 1 aliphatic carbocycles. The van der Waals surface area contributed by atoms with E-state index < -0.39 is 18.2 Å². The molecule has 0 saturated heterocycles. The highest BCUT2D eigenvalue weighted by molar-refractivity contribution is 5.81. The predicted molar refractivity (Wildman–Crippen MR) is 97.4 cm³/mol. The van der Waals surface area contributed by atoms with Gasteiger partial charge in [0.25, 0.3) is 0 Å². The van der Waals surface area contributed by atoms with Crippen molar-refractivity contribution in [3.05, 3.63) is 59.2 Å². The van der Waals surface area contributed by atoms with Crippen molar-refractivity contribution in [1.82, 2.24) is 5.32 Å². The molecule has 0 aromatic heterocycles. The van der Waals surface area contributed by atoms with E-state index in [0.29, 0.717) is 6.42 Å². The zero-order valence-electron chi connectivity index (χ0n) is 14.9. The smallest absolute Gasteiger partial charge is 0.408 e. The Balaban J connectivity index is 1.68. The van der Waals surface area contributed by atoms with Gasteiger partial charge in [0.05, 0.1) is 0 Å².